The normalized spacial score (nSPS) is 23.0. The van der Waals surface area contributed by atoms with Gasteiger partial charge in [0, 0.05) is 25.2 Å². The van der Waals surface area contributed by atoms with Crippen molar-refractivity contribution >= 4 is 5.97 Å². The number of nitrogens with one attached hydrogen (secondary N) is 1. The highest BCUT2D eigenvalue weighted by molar-refractivity contribution is 5.69. The Kier molecular flexibility index (Phi) is 6.13. The Morgan fingerprint density at radius 1 is 1.20 bits per heavy atom. The summed E-state index contributed by atoms with van der Waals surface area (Å²) < 4.78 is 0. The predicted molar refractivity (Wildman–Crippen MR) is 101 cm³/mol. The molecule has 2 aliphatic rings. The summed E-state index contributed by atoms with van der Waals surface area (Å²) >= 11 is 0. The second kappa shape index (κ2) is 8.33. The summed E-state index contributed by atoms with van der Waals surface area (Å²) in [7, 11) is 0. The first-order valence-electron chi connectivity index (χ1n) is 9.76. The van der Waals surface area contributed by atoms with E-state index in [4.69, 9.17) is 5.11 Å². The highest BCUT2D eigenvalue weighted by Crippen LogP contribution is 2.33. The minimum atomic E-state index is -0.696. The van der Waals surface area contributed by atoms with Crippen LogP contribution >= 0.6 is 0 Å². The van der Waals surface area contributed by atoms with E-state index in [0.29, 0.717) is 18.0 Å². The van der Waals surface area contributed by atoms with Crippen LogP contribution in [0.25, 0.3) is 0 Å². The van der Waals surface area contributed by atoms with Crippen LogP contribution in [-0.2, 0) is 17.8 Å². The molecule has 0 heterocycles. The summed E-state index contributed by atoms with van der Waals surface area (Å²) in [5.74, 6) is 0.745. The van der Waals surface area contributed by atoms with Gasteiger partial charge in [-0.3, -0.25) is 9.69 Å². The zero-order valence-corrected chi connectivity index (χ0v) is 15.6. The van der Waals surface area contributed by atoms with Gasteiger partial charge in [-0.1, -0.05) is 38.1 Å². The highest BCUT2D eigenvalue weighted by Gasteiger charge is 2.36. The molecule has 2 fully saturated rings. The lowest BCUT2D eigenvalue weighted by atomic mass is 9.85. The van der Waals surface area contributed by atoms with Crippen LogP contribution in [0.4, 0.5) is 0 Å². The number of rotatable bonds is 10. The molecule has 1 aromatic rings. The SMILES string of the molecule is CC(C)Cc1ccc(CNC2CC(N(CC(=O)O)CC3CC3)C2)cc1. The summed E-state index contributed by atoms with van der Waals surface area (Å²) in [6.45, 7) is 6.58. The van der Waals surface area contributed by atoms with E-state index in [1.165, 1.54) is 24.0 Å². The van der Waals surface area contributed by atoms with Gasteiger partial charge in [0.2, 0.25) is 0 Å². The monoisotopic (exact) mass is 344 g/mol. The van der Waals surface area contributed by atoms with Crippen molar-refractivity contribution in [3.05, 3.63) is 35.4 Å². The maximum Gasteiger partial charge on any atom is 0.317 e. The van der Waals surface area contributed by atoms with Crippen LogP contribution in [0.2, 0.25) is 0 Å². The lowest BCUT2D eigenvalue weighted by molar-refractivity contribution is -0.139. The van der Waals surface area contributed by atoms with Crippen LogP contribution in [0.5, 0.6) is 0 Å². The molecule has 2 N–H and O–H groups in total. The molecule has 0 aromatic heterocycles. The van der Waals surface area contributed by atoms with E-state index < -0.39 is 5.97 Å². The number of nitrogens with zero attached hydrogens (tertiary/aromatic N) is 1. The molecule has 25 heavy (non-hydrogen) atoms. The van der Waals surface area contributed by atoms with E-state index in [0.717, 1.165) is 38.3 Å². The van der Waals surface area contributed by atoms with E-state index in [-0.39, 0.29) is 6.54 Å². The molecule has 0 radical (unpaired) electrons. The van der Waals surface area contributed by atoms with Crippen LogP contribution in [0.3, 0.4) is 0 Å². The second-order valence-electron chi connectivity index (χ2n) is 8.38. The van der Waals surface area contributed by atoms with Gasteiger partial charge in [-0.05, 0) is 55.1 Å². The Labute approximate surface area is 151 Å². The van der Waals surface area contributed by atoms with E-state index in [1.54, 1.807) is 0 Å². The van der Waals surface area contributed by atoms with Crippen LogP contribution < -0.4 is 5.32 Å². The number of benzene rings is 1. The largest absolute Gasteiger partial charge is 0.480 e. The molecule has 1 aromatic carbocycles. The number of hydrogen-bond donors (Lipinski definition) is 2. The van der Waals surface area contributed by atoms with Crippen molar-refractivity contribution < 1.29 is 9.90 Å². The van der Waals surface area contributed by atoms with Crippen LogP contribution in [0.15, 0.2) is 24.3 Å². The van der Waals surface area contributed by atoms with Crippen molar-refractivity contribution in [2.75, 3.05) is 13.1 Å². The third kappa shape index (κ3) is 5.82. The first kappa shape index (κ1) is 18.4. The van der Waals surface area contributed by atoms with Crippen molar-refractivity contribution in [2.45, 2.75) is 64.6 Å². The molecule has 0 aliphatic heterocycles. The Morgan fingerprint density at radius 3 is 2.40 bits per heavy atom. The average molecular weight is 344 g/mol. The fourth-order valence-corrected chi connectivity index (χ4v) is 3.73. The van der Waals surface area contributed by atoms with Gasteiger partial charge >= 0.3 is 5.97 Å². The molecule has 4 heteroatoms. The molecule has 4 nitrogen and oxygen atoms in total. The van der Waals surface area contributed by atoms with Gasteiger partial charge in [-0.25, -0.2) is 0 Å². The summed E-state index contributed by atoms with van der Waals surface area (Å²) in [6, 6.07) is 9.91. The molecule has 2 saturated carbocycles. The van der Waals surface area contributed by atoms with Gasteiger partial charge in [0.15, 0.2) is 0 Å². The molecule has 0 bridgehead atoms. The third-order valence-corrected chi connectivity index (χ3v) is 5.42. The Bertz CT molecular complexity index is 560. The second-order valence-corrected chi connectivity index (χ2v) is 8.38. The van der Waals surface area contributed by atoms with Gasteiger partial charge in [0.25, 0.3) is 0 Å². The number of hydrogen-bond acceptors (Lipinski definition) is 3. The molecule has 0 atom stereocenters. The topological polar surface area (TPSA) is 52.6 Å². The maximum atomic E-state index is 11.1. The van der Waals surface area contributed by atoms with E-state index in [1.807, 2.05) is 0 Å². The Hall–Kier alpha value is -1.39. The van der Waals surface area contributed by atoms with Gasteiger partial charge in [-0.15, -0.1) is 0 Å². The predicted octanol–water partition coefficient (Wildman–Crippen LogP) is 3.30. The van der Waals surface area contributed by atoms with Crippen LogP contribution in [0.1, 0.15) is 50.7 Å². The minimum absolute atomic E-state index is 0.200. The summed E-state index contributed by atoms with van der Waals surface area (Å²) in [4.78, 5) is 13.3. The molecule has 0 unspecified atom stereocenters. The first-order valence-corrected chi connectivity index (χ1v) is 9.76. The highest BCUT2D eigenvalue weighted by atomic mass is 16.4. The van der Waals surface area contributed by atoms with Crippen molar-refractivity contribution in [3.63, 3.8) is 0 Å². The minimum Gasteiger partial charge on any atom is -0.480 e. The molecule has 2 aliphatic carbocycles. The molecule has 3 rings (SSSR count). The Balaban J connectivity index is 1.39. The number of carboxylic acids is 1. The van der Waals surface area contributed by atoms with Crippen molar-refractivity contribution in [2.24, 2.45) is 11.8 Å². The zero-order valence-electron chi connectivity index (χ0n) is 15.6. The van der Waals surface area contributed by atoms with Gasteiger partial charge in [0.05, 0.1) is 6.54 Å². The van der Waals surface area contributed by atoms with Gasteiger partial charge in [-0.2, -0.15) is 0 Å². The van der Waals surface area contributed by atoms with Crippen molar-refractivity contribution in [3.8, 4) is 0 Å². The molecular weight excluding hydrogens is 312 g/mol. The average Bonchev–Trinajstić information content (AvgIpc) is 3.30. The maximum absolute atomic E-state index is 11.1. The fourth-order valence-electron chi connectivity index (χ4n) is 3.73. The zero-order chi connectivity index (χ0) is 17.8. The fraction of sp³-hybridized carbons (Fsp3) is 0.667. The molecule has 0 spiro atoms. The summed E-state index contributed by atoms with van der Waals surface area (Å²) in [5, 5.41) is 12.8. The van der Waals surface area contributed by atoms with E-state index >= 15 is 0 Å². The van der Waals surface area contributed by atoms with Crippen LogP contribution in [-0.4, -0.2) is 41.1 Å². The van der Waals surface area contributed by atoms with Gasteiger partial charge < -0.3 is 10.4 Å². The van der Waals surface area contributed by atoms with Crippen molar-refractivity contribution in [1.29, 1.82) is 0 Å². The number of aliphatic carboxylic acids is 1. The first-order chi connectivity index (χ1) is 12.0. The third-order valence-electron chi connectivity index (χ3n) is 5.42. The van der Waals surface area contributed by atoms with Crippen LogP contribution in [0, 0.1) is 11.8 Å². The lowest BCUT2D eigenvalue weighted by Gasteiger charge is -2.43. The van der Waals surface area contributed by atoms with Gasteiger partial charge in [0.1, 0.15) is 0 Å². The molecule has 0 saturated heterocycles. The molecule has 0 amide bonds. The quantitative estimate of drug-likeness (QED) is 0.684. The lowest BCUT2D eigenvalue weighted by Crippen LogP contribution is -2.54. The standard InChI is InChI=1S/C21H32N2O2/c1-15(2)9-16-3-5-17(6-4-16)12-22-19-10-20(11-19)23(14-21(24)25)13-18-7-8-18/h3-6,15,18-20,22H,7-14H2,1-2H3,(H,24,25). The smallest absolute Gasteiger partial charge is 0.317 e. The number of carbonyl (C=O) groups is 1. The van der Waals surface area contributed by atoms with E-state index in [9.17, 15) is 4.79 Å². The molecule has 138 valence electrons. The Morgan fingerprint density at radius 2 is 1.84 bits per heavy atom. The van der Waals surface area contributed by atoms with E-state index in [2.05, 4.69) is 48.3 Å². The molecular formula is C21H32N2O2. The summed E-state index contributed by atoms with van der Waals surface area (Å²) in [6.07, 6.45) is 5.84. The number of carboxylic acid groups (broad SMARTS) is 1. The summed E-state index contributed by atoms with van der Waals surface area (Å²) in [5.41, 5.74) is 2.74. The van der Waals surface area contributed by atoms with Crippen molar-refractivity contribution in [1.82, 2.24) is 10.2 Å².